The summed E-state index contributed by atoms with van der Waals surface area (Å²) in [6, 6.07) is 11.2. The molecule has 3 heterocycles. The van der Waals surface area contributed by atoms with Gasteiger partial charge in [0.05, 0.1) is 5.69 Å². The molecule has 4 rings (SSSR count). The topological polar surface area (TPSA) is 62.2 Å². The molecule has 0 aliphatic carbocycles. The second-order valence-electron chi connectivity index (χ2n) is 4.83. The second kappa shape index (κ2) is 5.16. The van der Waals surface area contributed by atoms with Crippen molar-refractivity contribution in [3.8, 4) is 11.3 Å². The van der Waals surface area contributed by atoms with Crippen LogP contribution in [0.2, 0.25) is 0 Å². The Morgan fingerprint density at radius 1 is 1.23 bits per heavy atom. The SMILES string of the molecule is O=C(Nc1ccc(-c2cn3ccsc3n2)cc1)c1ccc[nH]1. The van der Waals surface area contributed by atoms with Gasteiger partial charge in [0, 0.05) is 35.2 Å². The van der Waals surface area contributed by atoms with Crippen molar-refractivity contribution in [1.29, 1.82) is 0 Å². The first-order valence-electron chi connectivity index (χ1n) is 6.77. The van der Waals surface area contributed by atoms with Crippen molar-refractivity contribution in [1.82, 2.24) is 14.4 Å². The maximum Gasteiger partial charge on any atom is 0.272 e. The van der Waals surface area contributed by atoms with E-state index in [9.17, 15) is 4.79 Å². The number of imidazole rings is 1. The average Bonchev–Trinajstić information content (AvgIpc) is 3.24. The highest BCUT2D eigenvalue weighted by Crippen LogP contribution is 2.23. The maximum absolute atomic E-state index is 12.0. The van der Waals surface area contributed by atoms with Crippen LogP contribution in [0.25, 0.3) is 16.2 Å². The molecule has 2 N–H and O–H groups in total. The van der Waals surface area contributed by atoms with E-state index in [4.69, 9.17) is 0 Å². The number of aromatic amines is 1. The summed E-state index contributed by atoms with van der Waals surface area (Å²) in [5.74, 6) is -0.153. The van der Waals surface area contributed by atoms with Crippen molar-refractivity contribution >= 4 is 27.9 Å². The van der Waals surface area contributed by atoms with Crippen LogP contribution in [0.1, 0.15) is 10.5 Å². The molecule has 0 bridgehead atoms. The zero-order chi connectivity index (χ0) is 14.9. The first-order chi connectivity index (χ1) is 10.8. The van der Waals surface area contributed by atoms with Gasteiger partial charge in [-0.05, 0) is 24.3 Å². The molecule has 0 saturated carbocycles. The van der Waals surface area contributed by atoms with Crippen LogP contribution in [0.3, 0.4) is 0 Å². The number of carbonyl (C=O) groups excluding carboxylic acids is 1. The predicted octanol–water partition coefficient (Wildman–Crippen LogP) is 3.64. The summed E-state index contributed by atoms with van der Waals surface area (Å²) >= 11 is 1.60. The standard InChI is InChI=1S/C16H12N4OS/c21-15(13-2-1-7-17-13)18-12-5-3-11(4-6-12)14-10-20-8-9-22-16(20)19-14/h1-10,17H,(H,18,21). The minimum absolute atomic E-state index is 0.153. The van der Waals surface area contributed by atoms with Gasteiger partial charge in [-0.15, -0.1) is 11.3 Å². The Kier molecular flexibility index (Phi) is 3.01. The molecule has 0 atom stereocenters. The van der Waals surface area contributed by atoms with Crippen molar-refractivity contribution in [3.05, 3.63) is 66.1 Å². The maximum atomic E-state index is 12.0. The lowest BCUT2D eigenvalue weighted by Gasteiger charge is -2.04. The third kappa shape index (κ3) is 2.29. The number of benzene rings is 1. The Morgan fingerprint density at radius 2 is 2.09 bits per heavy atom. The van der Waals surface area contributed by atoms with Gasteiger partial charge in [-0.2, -0.15) is 0 Å². The number of nitrogens with one attached hydrogen (secondary N) is 2. The zero-order valence-corrected chi connectivity index (χ0v) is 12.3. The number of anilines is 1. The molecule has 0 aliphatic rings. The molecule has 6 heteroatoms. The normalized spacial score (nSPS) is 10.9. The lowest BCUT2D eigenvalue weighted by atomic mass is 10.1. The molecular weight excluding hydrogens is 296 g/mol. The van der Waals surface area contributed by atoms with Crippen LogP contribution in [0, 0.1) is 0 Å². The number of aromatic nitrogens is 3. The van der Waals surface area contributed by atoms with Crippen LogP contribution in [0.5, 0.6) is 0 Å². The van der Waals surface area contributed by atoms with Crippen LogP contribution in [0.15, 0.2) is 60.4 Å². The number of nitrogens with zero attached hydrogens (tertiary/aromatic N) is 2. The quantitative estimate of drug-likeness (QED) is 0.607. The zero-order valence-electron chi connectivity index (χ0n) is 11.5. The molecule has 0 fully saturated rings. The first kappa shape index (κ1) is 12.8. The van der Waals surface area contributed by atoms with Crippen molar-refractivity contribution in [2.24, 2.45) is 0 Å². The first-order valence-corrected chi connectivity index (χ1v) is 7.65. The van der Waals surface area contributed by atoms with Gasteiger partial charge < -0.3 is 10.3 Å². The summed E-state index contributed by atoms with van der Waals surface area (Å²) in [7, 11) is 0. The van der Waals surface area contributed by atoms with Crippen LogP contribution in [-0.2, 0) is 0 Å². The molecule has 3 aromatic heterocycles. The Balaban J connectivity index is 1.55. The highest BCUT2D eigenvalue weighted by molar-refractivity contribution is 7.15. The van der Waals surface area contributed by atoms with Gasteiger partial charge in [0.25, 0.3) is 5.91 Å². The lowest BCUT2D eigenvalue weighted by molar-refractivity contribution is 0.102. The van der Waals surface area contributed by atoms with Crippen molar-refractivity contribution < 1.29 is 4.79 Å². The third-order valence-corrected chi connectivity index (χ3v) is 4.15. The molecule has 0 spiro atoms. The van der Waals surface area contributed by atoms with Gasteiger partial charge in [0.1, 0.15) is 5.69 Å². The van der Waals surface area contributed by atoms with E-state index in [1.54, 1.807) is 29.7 Å². The van der Waals surface area contributed by atoms with E-state index in [0.717, 1.165) is 21.9 Å². The van der Waals surface area contributed by atoms with E-state index in [-0.39, 0.29) is 5.91 Å². The molecular formula is C16H12N4OS. The van der Waals surface area contributed by atoms with Gasteiger partial charge in [0.2, 0.25) is 0 Å². The molecule has 1 aromatic carbocycles. The Bertz CT molecular complexity index is 890. The molecule has 0 radical (unpaired) electrons. The third-order valence-electron chi connectivity index (χ3n) is 3.37. The van der Waals surface area contributed by atoms with Crippen LogP contribution in [-0.4, -0.2) is 20.3 Å². The highest BCUT2D eigenvalue weighted by Gasteiger charge is 2.08. The van der Waals surface area contributed by atoms with Gasteiger partial charge in [-0.25, -0.2) is 4.98 Å². The number of hydrogen-bond acceptors (Lipinski definition) is 3. The Labute approximate surface area is 130 Å². The molecule has 0 aliphatic heterocycles. The van der Waals surface area contributed by atoms with E-state index < -0.39 is 0 Å². The van der Waals surface area contributed by atoms with Crippen molar-refractivity contribution in [2.45, 2.75) is 0 Å². The minimum atomic E-state index is -0.153. The number of rotatable bonds is 3. The minimum Gasteiger partial charge on any atom is -0.357 e. The molecule has 108 valence electrons. The molecule has 4 aromatic rings. The molecule has 5 nitrogen and oxygen atoms in total. The van der Waals surface area contributed by atoms with Crippen LogP contribution in [0.4, 0.5) is 5.69 Å². The largest absolute Gasteiger partial charge is 0.357 e. The van der Waals surface area contributed by atoms with Crippen LogP contribution >= 0.6 is 11.3 Å². The molecule has 0 saturated heterocycles. The summed E-state index contributed by atoms with van der Waals surface area (Å²) in [5, 5.41) is 4.86. The number of hydrogen-bond donors (Lipinski definition) is 2. The van der Waals surface area contributed by atoms with Gasteiger partial charge >= 0.3 is 0 Å². The lowest BCUT2D eigenvalue weighted by Crippen LogP contribution is -2.11. The van der Waals surface area contributed by atoms with Gasteiger partial charge in [-0.3, -0.25) is 9.20 Å². The summed E-state index contributed by atoms with van der Waals surface area (Å²) in [6.45, 7) is 0. The van der Waals surface area contributed by atoms with E-state index in [0.29, 0.717) is 5.69 Å². The van der Waals surface area contributed by atoms with Crippen molar-refractivity contribution in [3.63, 3.8) is 0 Å². The number of thiazole rings is 1. The van der Waals surface area contributed by atoms with E-state index in [1.807, 2.05) is 46.4 Å². The summed E-state index contributed by atoms with van der Waals surface area (Å²) < 4.78 is 2.00. The number of carbonyl (C=O) groups is 1. The second-order valence-corrected chi connectivity index (χ2v) is 5.71. The fourth-order valence-electron chi connectivity index (χ4n) is 2.26. The smallest absolute Gasteiger partial charge is 0.272 e. The molecule has 0 unspecified atom stereocenters. The average molecular weight is 308 g/mol. The number of fused-ring (bicyclic) bond motifs is 1. The Morgan fingerprint density at radius 3 is 2.82 bits per heavy atom. The van der Waals surface area contributed by atoms with Gasteiger partial charge in [0.15, 0.2) is 4.96 Å². The Hall–Kier alpha value is -2.86. The fourth-order valence-corrected chi connectivity index (χ4v) is 2.96. The molecule has 1 amide bonds. The van der Waals surface area contributed by atoms with Crippen LogP contribution < -0.4 is 5.32 Å². The van der Waals surface area contributed by atoms with E-state index >= 15 is 0 Å². The molecule has 22 heavy (non-hydrogen) atoms. The number of amides is 1. The van der Waals surface area contributed by atoms with Gasteiger partial charge in [-0.1, -0.05) is 12.1 Å². The highest BCUT2D eigenvalue weighted by atomic mass is 32.1. The summed E-state index contributed by atoms with van der Waals surface area (Å²) in [6.07, 6.45) is 5.71. The summed E-state index contributed by atoms with van der Waals surface area (Å²) in [5.41, 5.74) is 3.24. The van der Waals surface area contributed by atoms with E-state index in [1.165, 1.54) is 0 Å². The summed E-state index contributed by atoms with van der Waals surface area (Å²) in [4.78, 5) is 20.4. The monoisotopic (exact) mass is 308 g/mol. The predicted molar refractivity (Wildman–Crippen MR) is 87.3 cm³/mol. The van der Waals surface area contributed by atoms with Crippen molar-refractivity contribution in [2.75, 3.05) is 5.32 Å². The fraction of sp³-hybridized carbons (Fsp3) is 0. The van der Waals surface area contributed by atoms with E-state index in [2.05, 4.69) is 15.3 Å². The number of H-pyrrole nitrogens is 1.